The Morgan fingerprint density at radius 2 is 1.91 bits per heavy atom. The second-order valence-corrected chi connectivity index (χ2v) is 9.21. The average molecular weight is 476 g/mol. The fourth-order valence-electron chi connectivity index (χ4n) is 4.30. The van der Waals surface area contributed by atoms with Gasteiger partial charge in [0.05, 0.1) is 24.6 Å². The molecule has 2 heterocycles. The van der Waals surface area contributed by atoms with E-state index in [-0.39, 0.29) is 11.7 Å². The highest BCUT2D eigenvalue weighted by Crippen LogP contribution is 2.40. The Kier molecular flexibility index (Phi) is 6.11. The molecule has 0 radical (unpaired) electrons. The van der Waals surface area contributed by atoms with Gasteiger partial charge in [-0.05, 0) is 80.6 Å². The number of hydrogen-bond acceptors (Lipinski definition) is 7. The van der Waals surface area contributed by atoms with Crippen molar-refractivity contribution in [2.75, 3.05) is 13.7 Å². The molecule has 1 N–H and O–H groups in total. The average Bonchev–Trinajstić information content (AvgIpc) is 3.22. The molecule has 0 amide bonds. The second kappa shape index (κ2) is 9.35. The lowest BCUT2D eigenvalue weighted by Gasteiger charge is -2.11. The minimum absolute atomic E-state index is 0.118. The Balaban J connectivity index is 1.74. The molecule has 174 valence electrons. The van der Waals surface area contributed by atoms with Gasteiger partial charge in [0.15, 0.2) is 0 Å². The minimum atomic E-state index is -0.330. The van der Waals surface area contributed by atoms with Crippen molar-refractivity contribution >= 4 is 33.3 Å². The van der Waals surface area contributed by atoms with Gasteiger partial charge in [0.1, 0.15) is 27.8 Å². The molecule has 2 aromatic carbocycles. The normalized spacial score (nSPS) is 13.6. The lowest BCUT2D eigenvalue weighted by Crippen LogP contribution is -2.10. The largest absolute Gasteiger partial charge is 0.508 e. The van der Waals surface area contributed by atoms with Crippen molar-refractivity contribution in [1.82, 2.24) is 0 Å². The van der Waals surface area contributed by atoms with Crippen LogP contribution in [0.25, 0.3) is 22.3 Å². The van der Waals surface area contributed by atoms with E-state index in [1.54, 1.807) is 36.6 Å². The number of nitrogens with zero attached hydrogens (tertiary/aromatic N) is 1. The number of phenolic OH excluding ortho intramolecular Hbond substituents is 1. The van der Waals surface area contributed by atoms with Crippen molar-refractivity contribution in [1.29, 1.82) is 0 Å². The van der Waals surface area contributed by atoms with Crippen molar-refractivity contribution < 1.29 is 23.8 Å². The number of benzene rings is 2. The standard InChI is InChI=1S/C27H25NO5S/c1-3-32-27(30)25-19-6-4-5-7-24(19)34-26(25)28-21-15-23(16-8-11-18(31-2)12-9-16)33-22-13-10-17(29)14-20(21)22/h8-15,29H,3-7H2,1-2H3/b28-21+. The summed E-state index contributed by atoms with van der Waals surface area (Å²) < 4.78 is 16.8. The number of aryl methyl sites for hydroxylation is 1. The maximum Gasteiger partial charge on any atom is 0.341 e. The summed E-state index contributed by atoms with van der Waals surface area (Å²) in [4.78, 5) is 19.1. The smallest absolute Gasteiger partial charge is 0.341 e. The molecule has 0 unspecified atom stereocenters. The molecule has 1 aliphatic carbocycles. The van der Waals surface area contributed by atoms with Gasteiger partial charge in [-0.15, -0.1) is 11.3 Å². The molecule has 0 aliphatic heterocycles. The van der Waals surface area contributed by atoms with Gasteiger partial charge in [0.2, 0.25) is 0 Å². The van der Waals surface area contributed by atoms with Crippen LogP contribution in [0.5, 0.6) is 11.5 Å². The Hall–Kier alpha value is -3.58. The van der Waals surface area contributed by atoms with Gasteiger partial charge in [0.25, 0.3) is 0 Å². The number of methoxy groups -OCH3 is 1. The lowest BCUT2D eigenvalue weighted by atomic mass is 9.95. The minimum Gasteiger partial charge on any atom is -0.508 e. The van der Waals surface area contributed by atoms with Crippen LogP contribution in [-0.2, 0) is 17.6 Å². The van der Waals surface area contributed by atoms with Gasteiger partial charge in [-0.2, -0.15) is 0 Å². The van der Waals surface area contributed by atoms with Gasteiger partial charge in [-0.3, -0.25) is 0 Å². The number of carbonyl (C=O) groups excluding carboxylic acids is 1. The zero-order valence-corrected chi connectivity index (χ0v) is 19.9. The number of ether oxygens (including phenoxy) is 2. The van der Waals surface area contributed by atoms with Gasteiger partial charge in [-0.1, -0.05) is 0 Å². The maximum atomic E-state index is 12.9. The van der Waals surface area contributed by atoms with Crippen LogP contribution in [0.3, 0.4) is 0 Å². The predicted molar refractivity (Wildman–Crippen MR) is 132 cm³/mol. The summed E-state index contributed by atoms with van der Waals surface area (Å²) in [5, 5.41) is 12.1. The monoisotopic (exact) mass is 475 g/mol. The van der Waals surface area contributed by atoms with Crippen LogP contribution >= 0.6 is 11.3 Å². The number of hydrogen-bond donors (Lipinski definition) is 1. The number of fused-ring (bicyclic) bond motifs is 2. The Labute approximate surface area is 201 Å². The van der Waals surface area contributed by atoms with Gasteiger partial charge >= 0.3 is 5.97 Å². The van der Waals surface area contributed by atoms with E-state index in [9.17, 15) is 9.90 Å². The van der Waals surface area contributed by atoms with E-state index in [0.29, 0.717) is 39.3 Å². The van der Waals surface area contributed by atoms with E-state index in [1.807, 2.05) is 37.3 Å². The molecule has 0 spiro atoms. The first-order chi connectivity index (χ1) is 16.6. The van der Waals surface area contributed by atoms with Crippen molar-refractivity contribution in [3.8, 4) is 22.8 Å². The van der Waals surface area contributed by atoms with Gasteiger partial charge < -0.3 is 19.0 Å². The molecule has 5 rings (SSSR count). The first kappa shape index (κ1) is 22.2. The first-order valence-corrected chi connectivity index (χ1v) is 12.2. The molecular formula is C27H25NO5S. The molecule has 2 aromatic heterocycles. The Morgan fingerprint density at radius 3 is 2.68 bits per heavy atom. The van der Waals surface area contributed by atoms with Crippen LogP contribution in [0, 0.1) is 0 Å². The second-order valence-electron chi connectivity index (χ2n) is 8.13. The predicted octanol–water partition coefficient (Wildman–Crippen LogP) is 6.16. The molecular weight excluding hydrogens is 450 g/mol. The molecule has 0 bridgehead atoms. The van der Waals surface area contributed by atoms with Crippen LogP contribution < -0.4 is 10.1 Å². The molecule has 34 heavy (non-hydrogen) atoms. The summed E-state index contributed by atoms with van der Waals surface area (Å²) in [6.45, 7) is 2.12. The lowest BCUT2D eigenvalue weighted by molar-refractivity contribution is 0.0526. The fraction of sp³-hybridized carbons (Fsp3) is 0.259. The highest BCUT2D eigenvalue weighted by Gasteiger charge is 2.26. The van der Waals surface area contributed by atoms with Gasteiger partial charge in [0, 0.05) is 21.9 Å². The number of aromatic hydroxyl groups is 1. The van der Waals surface area contributed by atoms with E-state index in [1.165, 1.54) is 4.88 Å². The summed E-state index contributed by atoms with van der Waals surface area (Å²) in [5.41, 5.74) is 3.09. The molecule has 0 fully saturated rings. The molecule has 7 heteroatoms. The zero-order chi connectivity index (χ0) is 23.7. The summed E-state index contributed by atoms with van der Waals surface area (Å²) in [5.74, 6) is 1.16. The van der Waals surface area contributed by atoms with Crippen molar-refractivity contribution in [2.45, 2.75) is 32.6 Å². The molecule has 0 saturated heterocycles. The molecule has 1 aliphatic rings. The van der Waals surface area contributed by atoms with Crippen molar-refractivity contribution in [2.24, 2.45) is 4.99 Å². The third-order valence-corrected chi connectivity index (χ3v) is 7.14. The summed E-state index contributed by atoms with van der Waals surface area (Å²) in [6.07, 6.45) is 3.97. The highest BCUT2D eigenvalue weighted by molar-refractivity contribution is 7.16. The highest BCUT2D eigenvalue weighted by atomic mass is 32.1. The van der Waals surface area contributed by atoms with Crippen LogP contribution in [0.1, 0.15) is 40.6 Å². The third kappa shape index (κ3) is 4.19. The van der Waals surface area contributed by atoms with E-state index in [4.69, 9.17) is 18.9 Å². The van der Waals surface area contributed by atoms with E-state index >= 15 is 0 Å². The number of thiophene rings is 1. The number of phenols is 1. The quantitative estimate of drug-likeness (QED) is 0.350. The van der Waals surface area contributed by atoms with Crippen molar-refractivity contribution in [3.05, 3.63) is 69.9 Å². The molecule has 0 atom stereocenters. The van der Waals surface area contributed by atoms with Crippen LogP contribution in [0.4, 0.5) is 5.00 Å². The summed E-state index contributed by atoms with van der Waals surface area (Å²) in [6, 6.07) is 14.4. The topological polar surface area (TPSA) is 81.3 Å². The number of carbonyl (C=O) groups is 1. The first-order valence-electron chi connectivity index (χ1n) is 11.3. The van der Waals surface area contributed by atoms with Crippen molar-refractivity contribution in [3.63, 3.8) is 0 Å². The molecule has 4 aromatic rings. The molecule has 6 nitrogen and oxygen atoms in total. The summed E-state index contributed by atoms with van der Waals surface area (Å²) >= 11 is 1.55. The Morgan fingerprint density at radius 1 is 1.12 bits per heavy atom. The number of esters is 1. The third-order valence-electron chi connectivity index (χ3n) is 5.96. The van der Waals surface area contributed by atoms with E-state index in [0.717, 1.165) is 42.6 Å². The van der Waals surface area contributed by atoms with Crippen LogP contribution in [0.15, 0.2) is 57.9 Å². The number of rotatable bonds is 5. The SMILES string of the molecule is CCOC(=O)c1c(/N=c2\cc(-c3ccc(OC)cc3)oc3ccc(O)cc23)sc2c1CCCC2. The van der Waals surface area contributed by atoms with Crippen LogP contribution in [-0.4, -0.2) is 24.8 Å². The van der Waals surface area contributed by atoms with E-state index in [2.05, 4.69) is 0 Å². The zero-order valence-electron chi connectivity index (χ0n) is 19.1. The Bertz CT molecular complexity index is 1430. The van der Waals surface area contributed by atoms with Crippen LogP contribution in [0.2, 0.25) is 0 Å². The summed E-state index contributed by atoms with van der Waals surface area (Å²) in [7, 11) is 1.63. The van der Waals surface area contributed by atoms with E-state index < -0.39 is 0 Å². The maximum absolute atomic E-state index is 12.9. The molecule has 0 saturated carbocycles. The fourth-order valence-corrected chi connectivity index (χ4v) is 5.56. The van der Waals surface area contributed by atoms with Gasteiger partial charge in [-0.25, -0.2) is 9.79 Å².